The van der Waals surface area contributed by atoms with Gasteiger partial charge in [-0.1, -0.05) is 0 Å². The van der Waals surface area contributed by atoms with Gasteiger partial charge in [0.1, 0.15) is 6.04 Å². The number of piperidine rings is 1. The third-order valence-electron chi connectivity index (χ3n) is 1.66. The molecular weight excluding hydrogens is 132 g/mol. The third kappa shape index (κ3) is 1.68. The minimum absolute atomic E-state index is 0.0265. The quantitative estimate of drug-likeness (QED) is 0.502. The van der Waals surface area contributed by atoms with E-state index in [1.807, 2.05) is 0 Å². The first-order valence-electron chi connectivity index (χ1n) is 3.35. The Morgan fingerprint density at radius 1 is 1.70 bits per heavy atom. The monoisotopic (exact) mass is 143 g/mol. The molecule has 0 aromatic carbocycles. The van der Waals surface area contributed by atoms with Crippen LogP contribution in [0.25, 0.3) is 0 Å². The maximum atomic E-state index is 10.4. The van der Waals surface area contributed by atoms with Gasteiger partial charge in [-0.3, -0.25) is 4.79 Å². The van der Waals surface area contributed by atoms with Crippen molar-refractivity contribution in [2.45, 2.75) is 24.9 Å². The number of hydrogen-bond acceptors (Lipinski definition) is 2. The lowest BCUT2D eigenvalue weighted by Crippen LogP contribution is -2.43. The lowest BCUT2D eigenvalue weighted by Gasteiger charge is -2.22. The van der Waals surface area contributed by atoms with E-state index in [0.717, 1.165) is 6.42 Å². The molecule has 2 atom stereocenters. The maximum absolute atomic E-state index is 10.4. The summed E-state index contributed by atoms with van der Waals surface area (Å²) in [5.74, 6) is -0.852. The van der Waals surface area contributed by atoms with E-state index < -0.39 is 12.0 Å². The number of carbonyl (C=O) groups is 1. The number of nitrogens with zero attached hydrogens (tertiary/aromatic N) is 1. The molecule has 0 aliphatic carbocycles. The van der Waals surface area contributed by atoms with Gasteiger partial charge in [0.05, 0.1) is 0 Å². The van der Waals surface area contributed by atoms with Crippen LogP contribution in [0, 0.1) is 0 Å². The van der Waals surface area contributed by atoms with E-state index in [1.165, 1.54) is 0 Å². The summed E-state index contributed by atoms with van der Waals surface area (Å²) in [4.78, 5) is 10.4. The normalized spacial score (nSPS) is 33.7. The maximum Gasteiger partial charge on any atom is 0.322 e. The molecule has 0 aromatic rings. The van der Waals surface area contributed by atoms with Gasteiger partial charge in [-0.25, -0.2) is 5.32 Å². The molecule has 1 radical (unpaired) electrons. The largest absolute Gasteiger partial charge is 0.480 e. The molecule has 4 nitrogen and oxygen atoms in total. The number of carboxylic acids is 1. The third-order valence-corrected chi connectivity index (χ3v) is 1.66. The molecule has 4 heteroatoms. The molecule has 0 spiro atoms. The highest BCUT2D eigenvalue weighted by molar-refractivity contribution is 5.73. The fourth-order valence-electron chi connectivity index (χ4n) is 1.05. The van der Waals surface area contributed by atoms with Crippen LogP contribution < -0.4 is 11.1 Å². The van der Waals surface area contributed by atoms with Crippen molar-refractivity contribution in [1.82, 2.24) is 5.32 Å². The van der Waals surface area contributed by atoms with Crippen LogP contribution in [0.15, 0.2) is 0 Å². The molecule has 1 saturated heterocycles. The molecule has 0 aromatic heterocycles. The van der Waals surface area contributed by atoms with Crippen LogP contribution >= 0.6 is 0 Å². The van der Waals surface area contributed by atoms with Crippen molar-refractivity contribution in [2.75, 3.05) is 6.54 Å². The highest BCUT2D eigenvalue weighted by Crippen LogP contribution is 2.07. The molecule has 10 heavy (non-hydrogen) atoms. The van der Waals surface area contributed by atoms with Gasteiger partial charge < -0.3 is 10.8 Å². The van der Waals surface area contributed by atoms with Gasteiger partial charge in [0.2, 0.25) is 0 Å². The second kappa shape index (κ2) is 2.98. The van der Waals surface area contributed by atoms with Crippen LogP contribution in [0.1, 0.15) is 12.8 Å². The standard InChI is InChI=1S/C6H11N2O2/c7-4-1-2-8-5(3-4)6(9)10/h4-5H,1-3,7H2,(H,9,10). The van der Waals surface area contributed by atoms with E-state index in [2.05, 4.69) is 5.32 Å². The zero-order chi connectivity index (χ0) is 7.56. The van der Waals surface area contributed by atoms with Crippen molar-refractivity contribution >= 4 is 5.97 Å². The number of carboxylic acid groups (broad SMARTS) is 1. The first-order chi connectivity index (χ1) is 4.70. The molecular formula is C6H11N2O2. The summed E-state index contributed by atoms with van der Waals surface area (Å²) in [5, 5.41) is 12.4. The average Bonchev–Trinajstić information content (AvgIpc) is 1.88. The van der Waals surface area contributed by atoms with Crippen molar-refractivity contribution in [3.63, 3.8) is 0 Å². The Hall–Kier alpha value is -0.610. The molecule has 1 rings (SSSR count). The fourth-order valence-corrected chi connectivity index (χ4v) is 1.05. The van der Waals surface area contributed by atoms with Crippen LogP contribution in [0.2, 0.25) is 0 Å². The number of hydrogen-bond donors (Lipinski definition) is 2. The van der Waals surface area contributed by atoms with E-state index in [-0.39, 0.29) is 6.04 Å². The van der Waals surface area contributed by atoms with Crippen LogP contribution in [-0.2, 0) is 4.79 Å². The van der Waals surface area contributed by atoms with Crippen LogP contribution in [0.5, 0.6) is 0 Å². The van der Waals surface area contributed by atoms with Crippen molar-refractivity contribution in [1.29, 1.82) is 0 Å². The van der Waals surface area contributed by atoms with Gasteiger partial charge in [0.25, 0.3) is 0 Å². The predicted molar refractivity (Wildman–Crippen MR) is 35.6 cm³/mol. The SMILES string of the molecule is NC1CC[N]C(C(=O)O)C1. The molecule has 1 aliphatic heterocycles. The molecule has 0 bridgehead atoms. The van der Waals surface area contributed by atoms with E-state index in [1.54, 1.807) is 0 Å². The van der Waals surface area contributed by atoms with Gasteiger partial charge in [0, 0.05) is 12.6 Å². The zero-order valence-corrected chi connectivity index (χ0v) is 5.66. The smallest absolute Gasteiger partial charge is 0.322 e. The Bertz CT molecular complexity index is 138. The fraction of sp³-hybridized carbons (Fsp3) is 0.833. The molecule has 1 aliphatic rings. The van der Waals surface area contributed by atoms with Crippen molar-refractivity contribution in [2.24, 2.45) is 5.73 Å². The van der Waals surface area contributed by atoms with Gasteiger partial charge >= 0.3 is 5.97 Å². The van der Waals surface area contributed by atoms with Crippen LogP contribution in [0.4, 0.5) is 0 Å². The average molecular weight is 143 g/mol. The molecule has 0 amide bonds. The zero-order valence-electron chi connectivity index (χ0n) is 5.66. The summed E-state index contributed by atoms with van der Waals surface area (Å²) < 4.78 is 0. The molecule has 0 saturated carbocycles. The Balaban J connectivity index is 2.39. The molecule has 2 unspecified atom stereocenters. The minimum atomic E-state index is -0.852. The highest BCUT2D eigenvalue weighted by atomic mass is 16.4. The Morgan fingerprint density at radius 2 is 2.40 bits per heavy atom. The topological polar surface area (TPSA) is 77.4 Å². The molecule has 1 fully saturated rings. The minimum Gasteiger partial charge on any atom is -0.480 e. The van der Waals surface area contributed by atoms with Crippen molar-refractivity contribution < 1.29 is 9.90 Å². The number of nitrogens with two attached hydrogens (primary N) is 1. The Kier molecular flexibility index (Phi) is 2.24. The second-order valence-corrected chi connectivity index (χ2v) is 2.54. The summed E-state index contributed by atoms with van der Waals surface area (Å²) in [5.41, 5.74) is 5.54. The lowest BCUT2D eigenvalue weighted by atomic mass is 10.0. The molecule has 57 valence electrons. The second-order valence-electron chi connectivity index (χ2n) is 2.54. The van der Waals surface area contributed by atoms with E-state index in [4.69, 9.17) is 10.8 Å². The summed E-state index contributed by atoms with van der Waals surface area (Å²) in [7, 11) is 0. The summed E-state index contributed by atoms with van der Waals surface area (Å²) >= 11 is 0. The number of rotatable bonds is 1. The van der Waals surface area contributed by atoms with E-state index in [9.17, 15) is 4.79 Å². The van der Waals surface area contributed by atoms with Crippen LogP contribution in [-0.4, -0.2) is 29.7 Å². The first kappa shape index (κ1) is 7.50. The Labute approximate surface area is 59.4 Å². The highest BCUT2D eigenvalue weighted by Gasteiger charge is 2.24. The van der Waals surface area contributed by atoms with Crippen molar-refractivity contribution in [3.8, 4) is 0 Å². The van der Waals surface area contributed by atoms with Gasteiger partial charge in [0.15, 0.2) is 0 Å². The molecule has 1 heterocycles. The summed E-state index contributed by atoms with van der Waals surface area (Å²) in [6.07, 6.45) is 1.32. The van der Waals surface area contributed by atoms with Gasteiger partial charge in [-0.2, -0.15) is 0 Å². The van der Waals surface area contributed by atoms with Gasteiger partial charge in [-0.05, 0) is 12.8 Å². The van der Waals surface area contributed by atoms with E-state index >= 15 is 0 Å². The predicted octanol–water partition coefficient (Wildman–Crippen LogP) is -0.835. The van der Waals surface area contributed by atoms with Crippen LogP contribution in [0.3, 0.4) is 0 Å². The summed E-state index contributed by atoms with van der Waals surface area (Å²) in [6.45, 7) is 0.595. The van der Waals surface area contributed by atoms with Crippen molar-refractivity contribution in [3.05, 3.63) is 0 Å². The Morgan fingerprint density at radius 3 is 2.80 bits per heavy atom. The first-order valence-corrected chi connectivity index (χ1v) is 3.35. The number of aliphatic carboxylic acids is 1. The molecule has 3 N–H and O–H groups in total. The van der Waals surface area contributed by atoms with E-state index in [0.29, 0.717) is 13.0 Å². The lowest BCUT2D eigenvalue weighted by molar-refractivity contribution is -0.140. The summed E-state index contributed by atoms with van der Waals surface area (Å²) in [6, 6.07) is -0.526. The van der Waals surface area contributed by atoms with Gasteiger partial charge in [-0.15, -0.1) is 0 Å².